The number of ether oxygens (including phenoxy) is 2. The van der Waals surface area contributed by atoms with Gasteiger partial charge in [-0.25, -0.2) is 0 Å². The van der Waals surface area contributed by atoms with Crippen molar-refractivity contribution in [3.05, 3.63) is 24.3 Å². The number of benzene rings is 1. The van der Waals surface area contributed by atoms with E-state index in [9.17, 15) is 14.4 Å². The zero-order valence-electron chi connectivity index (χ0n) is 15.2. The molecule has 0 unspecified atom stereocenters. The fourth-order valence-electron chi connectivity index (χ4n) is 2.64. The first-order valence-corrected chi connectivity index (χ1v) is 9.60. The predicted molar refractivity (Wildman–Crippen MR) is 99.1 cm³/mol. The van der Waals surface area contributed by atoms with Gasteiger partial charge in [-0.2, -0.15) is 0 Å². The van der Waals surface area contributed by atoms with Gasteiger partial charge in [0.25, 0.3) is 5.91 Å². The molecule has 142 valence electrons. The number of methoxy groups -OCH3 is 1. The summed E-state index contributed by atoms with van der Waals surface area (Å²) in [7, 11) is 1.54. The molecule has 1 aliphatic rings. The molecule has 1 fully saturated rings. The summed E-state index contributed by atoms with van der Waals surface area (Å²) in [4.78, 5) is 39.1. The summed E-state index contributed by atoms with van der Waals surface area (Å²) in [5, 5.41) is 2.61. The van der Waals surface area contributed by atoms with E-state index in [2.05, 4.69) is 5.32 Å². The van der Waals surface area contributed by atoms with Crippen LogP contribution in [-0.4, -0.2) is 56.9 Å². The highest BCUT2D eigenvalue weighted by molar-refractivity contribution is 7.98. The quantitative estimate of drug-likeness (QED) is 0.417. The third kappa shape index (κ3) is 5.22. The van der Waals surface area contributed by atoms with E-state index in [0.717, 1.165) is 10.6 Å². The Morgan fingerprint density at radius 2 is 2.19 bits per heavy atom. The van der Waals surface area contributed by atoms with Crippen LogP contribution >= 0.6 is 11.8 Å². The molecule has 2 amide bonds. The molecule has 7 nitrogen and oxygen atoms in total. The zero-order valence-corrected chi connectivity index (χ0v) is 16.0. The summed E-state index contributed by atoms with van der Waals surface area (Å²) in [5.74, 6) is -1.61. The molecule has 1 aromatic rings. The Morgan fingerprint density at radius 3 is 2.88 bits per heavy atom. The average Bonchev–Trinajstić information content (AvgIpc) is 3.03. The summed E-state index contributed by atoms with van der Waals surface area (Å²) in [6.45, 7) is 2.50. The highest BCUT2D eigenvalue weighted by atomic mass is 32.2. The fourth-order valence-corrected chi connectivity index (χ4v) is 3.09. The number of thioether (sulfide) groups is 1. The van der Waals surface area contributed by atoms with Gasteiger partial charge >= 0.3 is 5.97 Å². The highest BCUT2D eigenvalue weighted by Crippen LogP contribution is 2.28. The summed E-state index contributed by atoms with van der Waals surface area (Å²) in [6, 6.07) is 7.61. The van der Waals surface area contributed by atoms with Crippen LogP contribution in [0.25, 0.3) is 0 Å². The lowest BCUT2D eigenvalue weighted by Crippen LogP contribution is -2.38. The Morgan fingerprint density at radius 1 is 1.42 bits per heavy atom. The molecular formula is C18H24N2O5S. The van der Waals surface area contributed by atoms with Crippen LogP contribution in [0.3, 0.4) is 0 Å². The lowest BCUT2D eigenvalue weighted by atomic mass is 10.1. The smallest absolute Gasteiger partial charge is 0.312 e. The molecule has 0 aliphatic carbocycles. The van der Waals surface area contributed by atoms with Gasteiger partial charge in [-0.1, -0.05) is 6.07 Å². The van der Waals surface area contributed by atoms with Crippen molar-refractivity contribution in [1.82, 2.24) is 5.32 Å². The number of rotatable bonds is 8. The van der Waals surface area contributed by atoms with E-state index in [0.29, 0.717) is 13.2 Å². The van der Waals surface area contributed by atoms with Crippen LogP contribution in [0.4, 0.5) is 5.69 Å². The van der Waals surface area contributed by atoms with E-state index in [1.165, 1.54) is 14.0 Å². The van der Waals surface area contributed by atoms with Gasteiger partial charge in [0.15, 0.2) is 6.10 Å². The van der Waals surface area contributed by atoms with Crippen molar-refractivity contribution in [1.29, 1.82) is 0 Å². The third-order valence-electron chi connectivity index (χ3n) is 4.09. The second kappa shape index (κ2) is 9.59. The van der Waals surface area contributed by atoms with Crippen LogP contribution < -0.4 is 10.2 Å². The van der Waals surface area contributed by atoms with Gasteiger partial charge in [0, 0.05) is 37.2 Å². The molecule has 1 saturated heterocycles. The molecule has 8 heteroatoms. The number of esters is 1. The summed E-state index contributed by atoms with van der Waals surface area (Å²) >= 11 is 1.59. The normalized spacial score (nSPS) is 17.9. The van der Waals surface area contributed by atoms with E-state index in [4.69, 9.17) is 9.47 Å². The molecule has 1 aromatic carbocycles. The largest absolute Gasteiger partial charge is 0.452 e. The van der Waals surface area contributed by atoms with Gasteiger partial charge in [-0.05, 0) is 31.4 Å². The number of amides is 2. The van der Waals surface area contributed by atoms with Gasteiger partial charge in [0.05, 0.1) is 12.5 Å². The maximum Gasteiger partial charge on any atom is 0.312 e. The van der Waals surface area contributed by atoms with Crippen LogP contribution in [0, 0.1) is 5.92 Å². The Balaban J connectivity index is 1.92. The SMILES string of the molecule is COCCNC(=O)[C@@H](C)OC(=O)[C@@H]1CC(=O)N(c2cccc(SC)c2)C1. The van der Waals surface area contributed by atoms with Crippen LogP contribution in [0.1, 0.15) is 13.3 Å². The molecule has 0 radical (unpaired) electrons. The Labute approximate surface area is 157 Å². The van der Waals surface area contributed by atoms with E-state index >= 15 is 0 Å². The molecule has 2 rings (SSSR count). The first-order valence-electron chi connectivity index (χ1n) is 8.37. The summed E-state index contributed by atoms with van der Waals surface area (Å²) in [5.41, 5.74) is 0.766. The van der Waals surface area contributed by atoms with Crippen molar-refractivity contribution in [3.8, 4) is 0 Å². The van der Waals surface area contributed by atoms with Gasteiger partial charge in [-0.3, -0.25) is 14.4 Å². The number of hydrogen-bond acceptors (Lipinski definition) is 6. The lowest BCUT2D eigenvalue weighted by molar-refractivity contribution is -0.158. The Hall–Kier alpha value is -2.06. The Kier molecular flexibility index (Phi) is 7.47. The van der Waals surface area contributed by atoms with E-state index in [1.54, 1.807) is 16.7 Å². The van der Waals surface area contributed by atoms with Gasteiger partial charge < -0.3 is 19.7 Å². The molecule has 26 heavy (non-hydrogen) atoms. The molecule has 0 bridgehead atoms. The number of nitrogens with one attached hydrogen (secondary N) is 1. The van der Waals surface area contributed by atoms with E-state index in [-0.39, 0.29) is 24.8 Å². The maximum absolute atomic E-state index is 12.3. The van der Waals surface area contributed by atoms with E-state index in [1.807, 2.05) is 30.5 Å². The number of nitrogens with zero attached hydrogens (tertiary/aromatic N) is 1. The molecule has 0 saturated carbocycles. The molecule has 2 atom stereocenters. The minimum atomic E-state index is -0.914. The highest BCUT2D eigenvalue weighted by Gasteiger charge is 2.37. The molecule has 0 spiro atoms. The molecule has 1 heterocycles. The topological polar surface area (TPSA) is 84.9 Å². The molecule has 1 aliphatic heterocycles. The Bertz CT molecular complexity index is 667. The van der Waals surface area contributed by atoms with Crippen molar-refractivity contribution in [2.45, 2.75) is 24.3 Å². The average molecular weight is 380 g/mol. The van der Waals surface area contributed by atoms with Gasteiger partial charge in [0.2, 0.25) is 5.91 Å². The van der Waals surface area contributed by atoms with Crippen molar-refractivity contribution >= 4 is 35.2 Å². The van der Waals surface area contributed by atoms with Gasteiger partial charge in [0.1, 0.15) is 0 Å². The number of anilines is 1. The zero-order chi connectivity index (χ0) is 19.1. The molecule has 0 aromatic heterocycles. The minimum absolute atomic E-state index is 0.0837. The molecular weight excluding hydrogens is 356 g/mol. The first kappa shape index (κ1) is 20.3. The van der Waals surface area contributed by atoms with Crippen LogP contribution in [-0.2, 0) is 23.9 Å². The monoisotopic (exact) mass is 380 g/mol. The fraction of sp³-hybridized carbons (Fsp3) is 0.500. The maximum atomic E-state index is 12.3. The third-order valence-corrected chi connectivity index (χ3v) is 4.82. The second-order valence-electron chi connectivity index (χ2n) is 5.97. The van der Waals surface area contributed by atoms with Crippen molar-refractivity contribution in [2.75, 3.05) is 38.0 Å². The first-order chi connectivity index (χ1) is 12.5. The number of carbonyl (C=O) groups excluding carboxylic acids is 3. The van der Waals surface area contributed by atoms with E-state index < -0.39 is 18.0 Å². The second-order valence-corrected chi connectivity index (χ2v) is 6.85. The minimum Gasteiger partial charge on any atom is -0.452 e. The summed E-state index contributed by atoms with van der Waals surface area (Å²) in [6.07, 6.45) is 1.13. The van der Waals surface area contributed by atoms with Crippen molar-refractivity contribution in [2.24, 2.45) is 5.92 Å². The number of hydrogen-bond donors (Lipinski definition) is 1. The number of carbonyl (C=O) groups is 3. The van der Waals surface area contributed by atoms with Crippen molar-refractivity contribution < 1.29 is 23.9 Å². The van der Waals surface area contributed by atoms with Crippen LogP contribution in [0.5, 0.6) is 0 Å². The summed E-state index contributed by atoms with van der Waals surface area (Å²) < 4.78 is 10.1. The predicted octanol–water partition coefficient (Wildman–Crippen LogP) is 1.46. The van der Waals surface area contributed by atoms with Crippen LogP contribution in [0.15, 0.2) is 29.2 Å². The van der Waals surface area contributed by atoms with Crippen molar-refractivity contribution in [3.63, 3.8) is 0 Å². The standard InChI is InChI=1S/C18H24N2O5S/c1-12(17(22)19-7-8-24-2)25-18(23)13-9-16(21)20(11-13)14-5-4-6-15(10-14)26-3/h4-6,10,12-13H,7-9,11H2,1-3H3,(H,19,22)/t12-,13-/m1/s1. The van der Waals surface area contributed by atoms with Crippen LogP contribution in [0.2, 0.25) is 0 Å². The molecule has 1 N–H and O–H groups in total. The van der Waals surface area contributed by atoms with Gasteiger partial charge in [-0.15, -0.1) is 11.8 Å². The lowest BCUT2D eigenvalue weighted by Gasteiger charge is -2.18.